The fourth-order valence-corrected chi connectivity index (χ4v) is 3.38. The molecule has 0 bridgehead atoms. The summed E-state index contributed by atoms with van der Waals surface area (Å²) in [6, 6.07) is 3.81. The summed E-state index contributed by atoms with van der Waals surface area (Å²) < 4.78 is 10.5. The van der Waals surface area contributed by atoms with Crippen molar-refractivity contribution >= 4 is 17.7 Å². The van der Waals surface area contributed by atoms with Crippen LogP contribution in [-0.2, 0) is 19.7 Å². The van der Waals surface area contributed by atoms with Crippen molar-refractivity contribution in [3.8, 4) is 0 Å². The van der Waals surface area contributed by atoms with Gasteiger partial charge in [-0.2, -0.15) is 0 Å². The van der Waals surface area contributed by atoms with Crippen LogP contribution in [0, 0.1) is 0 Å². The molecular weight excluding hydrogens is 348 g/mol. The number of aromatic nitrogens is 1. The second-order valence-corrected chi connectivity index (χ2v) is 8.27. The van der Waals surface area contributed by atoms with Crippen LogP contribution in [0.5, 0.6) is 0 Å². The second-order valence-electron chi connectivity index (χ2n) is 8.27. The Morgan fingerprint density at radius 2 is 2.11 bits per heavy atom. The number of hydrogen-bond donors (Lipinski definition) is 2. The van der Waals surface area contributed by atoms with Gasteiger partial charge >= 0.3 is 6.09 Å². The normalized spacial score (nSPS) is 21.9. The van der Waals surface area contributed by atoms with Gasteiger partial charge in [0.2, 0.25) is 5.91 Å². The van der Waals surface area contributed by atoms with Crippen LogP contribution in [0.1, 0.15) is 39.3 Å². The summed E-state index contributed by atoms with van der Waals surface area (Å²) in [5.41, 5.74) is 5.81. The molecule has 2 aliphatic rings. The van der Waals surface area contributed by atoms with E-state index in [1.54, 1.807) is 6.20 Å². The number of rotatable bonds is 4. The Kier molecular flexibility index (Phi) is 5.28. The highest BCUT2D eigenvalue weighted by atomic mass is 16.6. The van der Waals surface area contributed by atoms with Gasteiger partial charge in [-0.05, 0) is 45.7 Å². The smallest absolute Gasteiger partial charge is 0.407 e. The van der Waals surface area contributed by atoms with Gasteiger partial charge in [0.25, 0.3) is 0 Å². The van der Waals surface area contributed by atoms with Crippen LogP contribution < -0.4 is 16.0 Å². The van der Waals surface area contributed by atoms with Crippen LogP contribution in [0.25, 0.3) is 0 Å². The molecular formula is C19H28N4O4. The summed E-state index contributed by atoms with van der Waals surface area (Å²) in [6.07, 6.45) is 3.23. The van der Waals surface area contributed by atoms with Crippen molar-refractivity contribution in [1.82, 2.24) is 10.3 Å². The maximum atomic E-state index is 12.0. The number of carbonyl (C=O) groups excluding carboxylic acids is 2. The molecule has 1 aromatic heterocycles. The third-order valence-corrected chi connectivity index (χ3v) is 4.91. The molecule has 0 unspecified atom stereocenters. The lowest BCUT2D eigenvalue weighted by Crippen LogP contribution is -2.56. The zero-order valence-electron chi connectivity index (χ0n) is 16.2. The number of hydrogen-bond acceptors (Lipinski definition) is 6. The number of anilines is 1. The second kappa shape index (κ2) is 7.34. The molecule has 0 radical (unpaired) electrons. The first kappa shape index (κ1) is 19.4. The molecule has 0 spiro atoms. The minimum Gasteiger partial charge on any atom is -0.444 e. The predicted molar refractivity (Wildman–Crippen MR) is 101 cm³/mol. The molecule has 3 heterocycles. The van der Waals surface area contributed by atoms with Gasteiger partial charge in [-0.15, -0.1) is 0 Å². The predicted octanol–water partition coefficient (Wildman–Crippen LogP) is 1.33. The summed E-state index contributed by atoms with van der Waals surface area (Å²) in [5.74, 6) is -0.409. The van der Waals surface area contributed by atoms with E-state index in [-0.39, 0.29) is 19.3 Å². The van der Waals surface area contributed by atoms with E-state index in [2.05, 4.69) is 15.2 Å². The fourth-order valence-electron chi connectivity index (χ4n) is 3.38. The number of amides is 2. The average Bonchev–Trinajstić information content (AvgIpc) is 2.52. The third kappa shape index (κ3) is 4.32. The molecule has 8 nitrogen and oxygen atoms in total. The molecule has 0 aromatic carbocycles. The largest absolute Gasteiger partial charge is 0.444 e. The molecule has 27 heavy (non-hydrogen) atoms. The van der Waals surface area contributed by atoms with Crippen molar-refractivity contribution in [3.63, 3.8) is 0 Å². The van der Waals surface area contributed by atoms with Crippen LogP contribution in [-0.4, -0.2) is 54.9 Å². The Balaban J connectivity index is 1.63. The average molecular weight is 376 g/mol. The highest BCUT2D eigenvalue weighted by molar-refractivity contribution is 5.87. The van der Waals surface area contributed by atoms with Gasteiger partial charge in [0.15, 0.2) is 0 Å². The first-order chi connectivity index (χ1) is 12.7. The number of nitrogens with two attached hydrogens (primary N) is 1. The third-order valence-electron chi connectivity index (χ3n) is 4.91. The lowest BCUT2D eigenvalue weighted by molar-refractivity contribution is -0.142. The minimum absolute atomic E-state index is 0.0188. The summed E-state index contributed by atoms with van der Waals surface area (Å²) in [6.45, 7) is 7.67. The lowest BCUT2D eigenvalue weighted by atomic mass is 9.81. The Hall–Kier alpha value is -2.35. The number of pyridine rings is 1. The van der Waals surface area contributed by atoms with E-state index < -0.39 is 23.0 Å². The topological polar surface area (TPSA) is 107 Å². The van der Waals surface area contributed by atoms with Gasteiger partial charge in [0.1, 0.15) is 11.0 Å². The monoisotopic (exact) mass is 376 g/mol. The van der Waals surface area contributed by atoms with E-state index in [1.807, 2.05) is 32.9 Å². The van der Waals surface area contributed by atoms with Gasteiger partial charge in [-0.1, -0.05) is 0 Å². The van der Waals surface area contributed by atoms with E-state index in [0.717, 1.165) is 25.1 Å². The molecule has 2 saturated heterocycles. The summed E-state index contributed by atoms with van der Waals surface area (Å²) in [7, 11) is 0. The van der Waals surface area contributed by atoms with Crippen molar-refractivity contribution in [2.75, 3.05) is 31.2 Å². The highest BCUT2D eigenvalue weighted by Gasteiger charge is 2.47. The van der Waals surface area contributed by atoms with Gasteiger partial charge in [0.05, 0.1) is 30.8 Å². The molecule has 148 valence electrons. The standard InChI is InChI=1S/C19H28N4O4/c1-18(2,3)27-17(25)22-13-5-4-8-23(10-13)14-6-7-15(21-9-14)19(16(20)24)11-26-12-19/h6-7,9,13H,4-5,8,10-12H2,1-3H3,(H2,20,24)(H,22,25)/t13-/m1/s1. The maximum Gasteiger partial charge on any atom is 0.407 e. The molecule has 2 aliphatic heterocycles. The van der Waals surface area contributed by atoms with E-state index >= 15 is 0 Å². The fraction of sp³-hybridized carbons (Fsp3) is 0.632. The molecule has 8 heteroatoms. The van der Waals surface area contributed by atoms with Gasteiger partial charge < -0.3 is 25.4 Å². The molecule has 1 aromatic rings. The Labute approximate surface area is 159 Å². The summed E-state index contributed by atoms with van der Waals surface area (Å²) in [5, 5.41) is 2.94. The van der Waals surface area contributed by atoms with Crippen LogP contribution in [0.2, 0.25) is 0 Å². The molecule has 0 saturated carbocycles. The summed E-state index contributed by atoms with van der Waals surface area (Å²) >= 11 is 0. The first-order valence-electron chi connectivity index (χ1n) is 9.28. The molecule has 0 aliphatic carbocycles. The Morgan fingerprint density at radius 1 is 1.37 bits per heavy atom. The maximum absolute atomic E-state index is 12.0. The zero-order chi connectivity index (χ0) is 19.7. The minimum atomic E-state index is -0.804. The molecule has 2 amide bonds. The Morgan fingerprint density at radius 3 is 2.63 bits per heavy atom. The van der Waals surface area contributed by atoms with Crippen molar-refractivity contribution in [2.45, 2.75) is 50.7 Å². The van der Waals surface area contributed by atoms with Crippen molar-refractivity contribution in [2.24, 2.45) is 5.73 Å². The van der Waals surface area contributed by atoms with E-state index in [0.29, 0.717) is 12.2 Å². The molecule has 3 rings (SSSR count). The van der Waals surface area contributed by atoms with Crippen LogP contribution in [0.3, 0.4) is 0 Å². The van der Waals surface area contributed by atoms with Gasteiger partial charge in [-0.25, -0.2) is 4.79 Å². The lowest BCUT2D eigenvalue weighted by Gasteiger charge is -2.38. The van der Waals surface area contributed by atoms with Crippen LogP contribution in [0.15, 0.2) is 18.3 Å². The van der Waals surface area contributed by atoms with E-state index in [1.165, 1.54) is 0 Å². The number of primary amides is 1. The molecule has 2 fully saturated rings. The SMILES string of the molecule is CC(C)(C)OC(=O)N[C@@H]1CCCN(c2ccc(C3(C(N)=O)COC3)nc2)C1. The number of carbonyl (C=O) groups is 2. The number of nitrogens with zero attached hydrogens (tertiary/aromatic N) is 2. The highest BCUT2D eigenvalue weighted by Crippen LogP contribution is 2.32. The molecule has 1 atom stereocenters. The Bertz CT molecular complexity index is 695. The van der Waals surface area contributed by atoms with Gasteiger partial charge in [-0.3, -0.25) is 9.78 Å². The number of ether oxygens (including phenoxy) is 2. The first-order valence-corrected chi connectivity index (χ1v) is 9.28. The molecule has 3 N–H and O–H groups in total. The van der Waals surface area contributed by atoms with Crippen molar-refractivity contribution in [3.05, 3.63) is 24.0 Å². The summed E-state index contributed by atoms with van der Waals surface area (Å²) in [4.78, 5) is 30.4. The van der Waals surface area contributed by atoms with E-state index in [9.17, 15) is 9.59 Å². The number of alkyl carbamates (subject to hydrolysis) is 1. The van der Waals surface area contributed by atoms with Crippen molar-refractivity contribution in [1.29, 1.82) is 0 Å². The van der Waals surface area contributed by atoms with Crippen LogP contribution in [0.4, 0.5) is 10.5 Å². The quantitative estimate of drug-likeness (QED) is 0.821. The number of nitrogens with one attached hydrogen (secondary N) is 1. The van der Waals surface area contributed by atoms with Crippen molar-refractivity contribution < 1.29 is 19.1 Å². The number of piperidine rings is 1. The van der Waals surface area contributed by atoms with Crippen LogP contribution >= 0.6 is 0 Å². The zero-order valence-corrected chi connectivity index (χ0v) is 16.2. The van der Waals surface area contributed by atoms with Gasteiger partial charge in [0, 0.05) is 19.1 Å². The van der Waals surface area contributed by atoms with E-state index in [4.69, 9.17) is 15.2 Å².